The van der Waals surface area contributed by atoms with Gasteiger partial charge >= 0.3 is 0 Å². The van der Waals surface area contributed by atoms with E-state index in [1.54, 1.807) is 0 Å². The van der Waals surface area contributed by atoms with Crippen molar-refractivity contribution < 1.29 is 4.79 Å². The van der Waals surface area contributed by atoms with Crippen molar-refractivity contribution in [3.05, 3.63) is 64.7 Å². The van der Waals surface area contributed by atoms with Crippen molar-refractivity contribution in [1.29, 1.82) is 0 Å². The molecule has 27 heavy (non-hydrogen) atoms. The third kappa shape index (κ3) is 5.33. The zero-order valence-electron chi connectivity index (χ0n) is 16.8. The van der Waals surface area contributed by atoms with Crippen LogP contribution in [0.3, 0.4) is 0 Å². The van der Waals surface area contributed by atoms with Crippen LogP contribution in [0.15, 0.2) is 42.5 Å². The number of nitrogens with one attached hydrogen (secondary N) is 1. The highest BCUT2D eigenvalue weighted by atomic mass is 16.1. The molecule has 4 heteroatoms. The Morgan fingerprint density at radius 2 is 1.67 bits per heavy atom. The van der Waals surface area contributed by atoms with Gasteiger partial charge in [0.15, 0.2) is 0 Å². The molecule has 1 saturated heterocycles. The molecule has 1 aliphatic heterocycles. The molecule has 4 nitrogen and oxygen atoms in total. The normalized spacial score (nSPS) is 15.0. The second-order valence-electron chi connectivity index (χ2n) is 7.62. The third-order valence-electron chi connectivity index (χ3n) is 5.50. The van der Waals surface area contributed by atoms with Crippen molar-refractivity contribution in [3.63, 3.8) is 0 Å². The van der Waals surface area contributed by atoms with Crippen LogP contribution in [0.4, 0.5) is 5.69 Å². The summed E-state index contributed by atoms with van der Waals surface area (Å²) in [6.07, 6.45) is 1.93. The molecule has 2 aromatic rings. The summed E-state index contributed by atoms with van der Waals surface area (Å²) in [5.41, 5.74) is 5.76. The van der Waals surface area contributed by atoms with E-state index in [4.69, 9.17) is 0 Å². The van der Waals surface area contributed by atoms with Crippen LogP contribution < -0.4 is 10.2 Å². The SMILES string of the molecule is Cc1ccc(C(=O)NCCCc2ccc(N3CCN(C)CC3)cc2)cc1C. The van der Waals surface area contributed by atoms with Gasteiger partial charge in [-0.1, -0.05) is 18.2 Å². The Morgan fingerprint density at radius 3 is 2.33 bits per heavy atom. The van der Waals surface area contributed by atoms with Crippen molar-refractivity contribution in [3.8, 4) is 0 Å². The number of carbonyl (C=O) groups is 1. The van der Waals surface area contributed by atoms with Crippen LogP contribution in [-0.2, 0) is 6.42 Å². The van der Waals surface area contributed by atoms with Gasteiger partial charge in [0.05, 0.1) is 0 Å². The van der Waals surface area contributed by atoms with Gasteiger partial charge in [-0.25, -0.2) is 0 Å². The van der Waals surface area contributed by atoms with Gasteiger partial charge in [0.1, 0.15) is 0 Å². The van der Waals surface area contributed by atoms with Gasteiger partial charge in [-0.05, 0) is 74.7 Å². The van der Waals surface area contributed by atoms with E-state index in [-0.39, 0.29) is 5.91 Å². The number of nitrogens with zero attached hydrogens (tertiary/aromatic N) is 2. The average molecular weight is 366 g/mol. The molecule has 1 N–H and O–H groups in total. The summed E-state index contributed by atoms with van der Waals surface area (Å²) >= 11 is 0. The van der Waals surface area contributed by atoms with Crippen LogP contribution >= 0.6 is 0 Å². The van der Waals surface area contributed by atoms with Gasteiger partial charge in [-0.2, -0.15) is 0 Å². The summed E-state index contributed by atoms with van der Waals surface area (Å²) in [5.74, 6) is 0.0171. The number of hydrogen-bond donors (Lipinski definition) is 1. The number of anilines is 1. The Balaban J connectivity index is 1.42. The Hall–Kier alpha value is -2.33. The zero-order valence-corrected chi connectivity index (χ0v) is 16.8. The second-order valence-corrected chi connectivity index (χ2v) is 7.62. The van der Waals surface area contributed by atoms with Gasteiger partial charge < -0.3 is 15.1 Å². The highest BCUT2D eigenvalue weighted by molar-refractivity contribution is 5.94. The highest BCUT2D eigenvalue weighted by Gasteiger charge is 2.13. The number of amides is 1. The van der Waals surface area contributed by atoms with Gasteiger partial charge in [0, 0.05) is 44.0 Å². The van der Waals surface area contributed by atoms with E-state index in [2.05, 4.69) is 53.4 Å². The first kappa shape index (κ1) is 19.4. The molecule has 1 fully saturated rings. The van der Waals surface area contributed by atoms with Crippen LogP contribution in [-0.4, -0.2) is 50.6 Å². The maximum Gasteiger partial charge on any atom is 0.251 e. The lowest BCUT2D eigenvalue weighted by atomic mass is 10.1. The quantitative estimate of drug-likeness (QED) is 0.797. The van der Waals surface area contributed by atoms with Crippen molar-refractivity contribution in [1.82, 2.24) is 10.2 Å². The summed E-state index contributed by atoms with van der Waals surface area (Å²) in [5, 5.41) is 3.03. The summed E-state index contributed by atoms with van der Waals surface area (Å²) in [6, 6.07) is 14.8. The molecule has 1 aliphatic rings. The van der Waals surface area contributed by atoms with Crippen LogP contribution in [0.2, 0.25) is 0 Å². The van der Waals surface area contributed by atoms with Crippen molar-refractivity contribution >= 4 is 11.6 Å². The minimum Gasteiger partial charge on any atom is -0.369 e. The molecule has 0 aliphatic carbocycles. The Morgan fingerprint density at radius 1 is 0.963 bits per heavy atom. The predicted molar refractivity (Wildman–Crippen MR) is 113 cm³/mol. The monoisotopic (exact) mass is 365 g/mol. The van der Waals surface area contributed by atoms with E-state index in [0.717, 1.165) is 50.1 Å². The summed E-state index contributed by atoms with van der Waals surface area (Å²) in [6.45, 7) is 9.25. The minimum absolute atomic E-state index is 0.0171. The molecule has 2 aromatic carbocycles. The lowest BCUT2D eigenvalue weighted by Crippen LogP contribution is -2.44. The predicted octanol–water partition coefficient (Wildman–Crippen LogP) is 3.42. The molecule has 1 amide bonds. The lowest BCUT2D eigenvalue weighted by molar-refractivity contribution is 0.0953. The largest absolute Gasteiger partial charge is 0.369 e. The molecule has 0 unspecified atom stereocenters. The topological polar surface area (TPSA) is 35.6 Å². The Kier molecular flexibility index (Phi) is 6.51. The molecule has 0 radical (unpaired) electrons. The van der Waals surface area contributed by atoms with Gasteiger partial charge in [0.2, 0.25) is 0 Å². The van der Waals surface area contributed by atoms with E-state index < -0.39 is 0 Å². The van der Waals surface area contributed by atoms with E-state index in [9.17, 15) is 4.79 Å². The molecule has 0 bridgehead atoms. The molecular weight excluding hydrogens is 334 g/mol. The fraction of sp³-hybridized carbons (Fsp3) is 0.435. The number of hydrogen-bond acceptors (Lipinski definition) is 3. The smallest absolute Gasteiger partial charge is 0.251 e. The Labute approximate surface area is 163 Å². The molecule has 0 saturated carbocycles. The molecule has 0 spiro atoms. The first-order valence-electron chi connectivity index (χ1n) is 9.91. The number of benzene rings is 2. The summed E-state index contributed by atoms with van der Waals surface area (Å²) < 4.78 is 0. The van der Waals surface area contributed by atoms with Crippen molar-refractivity contribution in [2.24, 2.45) is 0 Å². The molecule has 0 atom stereocenters. The zero-order chi connectivity index (χ0) is 19.2. The number of likely N-dealkylation sites (N-methyl/N-ethyl adjacent to an activating group) is 1. The fourth-order valence-corrected chi connectivity index (χ4v) is 3.42. The van der Waals surface area contributed by atoms with Crippen molar-refractivity contribution in [2.45, 2.75) is 26.7 Å². The first-order valence-corrected chi connectivity index (χ1v) is 9.91. The number of aryl methyl sites for hydroxylation is 3. The summed E-state index contributed by atoms with van der Waals surface area (Å²) in [4.78, 5) is 17.1. The van der Waals surface area contributed by atoms with E-state index >= 15 is 0 Å². The number of piperazine rings is 1. The van der Waals surface area contributed by atoms with Crippen LogP contribution in [0.25, 0.3) is 0 Å². The van der Waals surface area contributed by atoms with Crippen LogP contribution in [0.1, 0.15) is 33.5 Å². The highest BCUT2D eigenvalue weighted by Crippen LogP contribution is 2.17. The van der Waals surface area contributed by atoms with E-state index in [1.807, 2.05) is 25.1 Å². The number of rotatable bonds is 6. The third-order valence-corrected chi connectivity index (χ3v) is 5.50. The fourth-order valence-electron chi connectivity index (χ4n) is 3.42. The van der Waals surface area contributed by atoms with Gasteiger partial charge in [-0.15, -0.1) is 0 Å². The molecule has 0 aromatic heterocycles. The van der Waals surface area contributed by atoms with E-state index in [1.165, 1.54) is 16.8 Å². The van der Waals surface area contributed by atoms with Gasteiger partial charge in [0.25, 0.3) is 5.91 Å². The maximum absolute atomic E-state index is 12.2. The summed E-state index contributed by atoms with van der Waals surface area (Å²) in [7, 11) is 2.18. The molecule has 3 rings (SSSR count). The second kappa shape index (κ2) is 9.05. The van der Waals surface area contributed by atoms with Crippen LogP contribution in [0.5, 0.6) is 0 Å². The Bertz CT molecular complexity index is 762. The minimum atomic E-state index is 0.0171. The first-order chi connectivity index (χ1) is 13.0. The average Bonchev–Trinajstić information content (AvgIpc) is 2.68. The molecular formula is C23H31N3O. The maximum atomic E-state index is 12.2. The van der Waals surface area contributed by atoms with Gasteiger partial charge in [-0.3, -0.25) is 4.79 Å². The lowest BCUT2D eigenvalue weighted by Gasteiger charge is -2.34. The molecule has 144 valence electrons. The standard InChI is InChI=1S/C23H31N3O/c1-18-6-9-21(17-19(18)2)23(27)24-12-4-5-20-7-10-22(11-8-20)26-15-13-25(3)14-16-26/h6-11,17H,4-5,12-16H2,1-3H3,(H,24,27). The number of carbonyl (C=O) groups excluding carboxylic acids is 1. The van der Waals surface area contributed by atoms with Crippen molar-refractivity contribution in [2.75, 3.05) is 44.7 Å². The van der Waals surface area contributed by atoms with E-state index in [0.29, 0.717) is 6.54 Å². The molecule has 1 heterocycles. The van der Waals surface area contributed by atoms with Crippen LogP contribution in [0, 0.1) is 13.8 Å².